The van der Waals surface area contributed by atoms with E-state index in [1.54, 1.807) is 0 Å². The molecular formula is C11H12BrFO3. The number of hydrogen-bond donors (Lipinski definition) is 1. The molecule has 0 heterocycles. The summed E-state index contributed by atoms with van der Waals surface area (Å²) in [6, 6.07) is 5.27. The van der Waals surface area contributed by atoms with Crippen molar-refractivity contribution in [1.82, 2.24) is 0 Å². The summed E-state index contributed by atoms with van der Waals surface area (Å²) in [4.78, 5) is 11.1. The molecule has 0 amide bonds. The van der Waals surface area contributed by atoms with Gasteiger partial charge < -0.3 is 9.84 Å². The standard InChI is InChI=1S/C11H12BrFO3/c1-11(6-7-12,10(14)15)16-9-4-2-8(13)3-5-9/h2-5H,6-7H2,1H3,(H,14,15). The SMILES string of the molecule is CC(CCBr)(Oc1ccc(F)cc1)C(=O)O. The summed E-state index contributed by atoms with van der Waals surface area (Å²) >= 11 is 3.18. The molecule has 5 heteroatoms. The number of carboxylic acids is 1. The van der Waals surface area contributed by atoms with Gasteiger partial charge >= 0.3 is 5.97 Å². The quantitative estimate of drug-likeness (QED) is 0.848. The maximum absolute atomic E-state index is 12.6. The van der Waals surface area contributed by atoms with Crippen LogP contribution in [0.15, 0.2) is 24.3 Å². The summed E-state index contributed by atoms with van der Waals surface area (Å²) in [6.45, 7) is 1.49. The number of rotatable bonds is 5. The highest BCUT2D eigenvalue weighted by molar-refractivity contribution is 9.09. The summed E-state index contributed by atoms with van der Waals surface area (Å²) in [6.07, 6.45) is 0.319. The summed E-state index contributed by atoms with van der Waals surface area (Å²) in [5.74, 6) is -1.09. The van der Waals surface area contributed by atoms with Crippen molar-refractivity contribution in [3.05, 3.63) is 30.1 Å². The molecule has 0 bridgehead atoms. The minimum atomic E-state index is -1.30. The first kappa shape index (κ1) is 13.0. The molecule has 1 unspecified atom stereocenters. The van der Waals surface area contributed by atoms with E-state index in [2.05, 4.69) is 15.9 Å². The number of carboxylic acid groups (broad SMARTS) is 1. The zero-order valence-electron chi connectivity index (χ0n) is 8.74. The van der Waals surface area contributed by atoms with E-state index in [-0.39, 0.29) is 5.82 Å². The lowest BCUT2D eigenvalue weighted by molar-refractivity contribution is -0.153. The predicted octanol–water partition coefficient (Wildman–Crippen LogP) is 2.83. The zero-order chi connectivity index (χ0) is 12.2. The Morgan fingerprint density at radius 1 is 1.50 bits per heavy atom. The van der Waals surface area contributed by atoms with E-state index in [9.17, 15) is 9.18 Å². The van der Waals surface area contributed by atoms with E-state index in [1.807, 2.05) is 0 Å². The van der Waals surface area contributed by atoms with Crippen LogP contribution < -0.4 is 4.74 Å². The van der Waals surface area contributed by atoms with Gasteiger partial charge in [0.15, 0.2) is 0 Å². The Balaban J connectivity index is 2.83. The fourth-order valence-electron chi connectivity index (χ4n) is 1.14. The molecule has 0 fully saturated rings. The lowest BCUT2D eigenvalue weighted by Gasteiger charge is -2.25. The fourth-order valence-corrected chi connectivity index (χ4v) is 1.90. The van der Waals surface area contributed by atoms with Gasteiger partial charge in [0.2, 0.25) is 5.60 Å². The van der Waals surface area contributed by atoms with Gasteiger partial charge in [0, 0.05) is 11.8 Å². The Labute approximate surface area is 101 Å². The molecule has 1 rings (SSSR count). The van der Waals surface area contributed by atoms with Gasteiger partial charge in [-0.05, 0) is 31.2 Å². The van der Waals surface area contributed by atoms with E-state index in [4.69, 9.17) is 9.84 Å². The van der Waals surface area contributed by atoms with E-state index in [0.29, 0.717) is 17.5 Å². The Hall–Kier alpha value is -1.10. The number of alkyl halides is 1. The third kappa shape index (κ3) is 3.20. The minimum Gasteiger partial charge on any atom is -0.478 e. The minimum absolute atomic E-state index is 0.319. The normalized spacial score (nSPS) is 14.2. The van der Waals surface area contributed by atoms with Crippen LogP contribution in [0.4, 0.5) is 4.39 Å². The van der Waals surface area contributed by atoms with Crippen molar-refractivity contribution in [1.29, 1.82) is 0 Å². The molecule has 0 aliphatic heterocycles. The van der Waals surface area contributed by atoms with Crippen LogP contribution in [0.25, 0.3) is 0 Å². The van der Waals surface area contributed by atoms with Crippen molar-refractivity contribution < 1.29 is 19.0 Å². The molecular weight excluding hydrogens is 279 g/mol. The molecule has 0 aromatic heterocycles. The molecule has 16 heavy (non-hydrogen) atoms. The number of carbonyl (C=O) groups is 1. The number of hydrogen-bond acceptors (Lipinski definition) is 2. The molecule has 1 atom stereocenters. The maximum atomic E-state index is 12.6. The van der Waals surface area contributed by atoms with Crippen molar-refractivity contribution in [2.24, 2.45) is 0 Å². The van der Waals surface area contributed by atoms with Crippen molar-refractivity contribution in [2.75, 3.05) is 5.33 Å². The molecule has 88 valence electrons. The van der Waals surface area contributed by atoms with Crippen LogP contribution in [0.2, 0.25) is 0 Å². The van der Waals surface area contributed by atoms with Gasteiger partial charge in [0.05, 0.1) is 0 Å². The second-order valence-electron chi connectivity index (χ2n) is 3.53. The molecule has 1 aromatic carbocycles. The lowest BCUT2D eigenvalue weighted by Crippen LogP contribution is -2.41. The van der Waals surface area contributed by atoms with Crippen LogP contribution in [0.5, 0.6) is 5.75 Å². The van der Waals surface area contributed by atoms with Gasteiger partial charge in [-0.3, -0.25) is 0 Å². The van der Waals surface area contributed by atoms with Crippen LogP contribution >= 0.6 is 15.9 Å². The van der Waals surface area contributed by atoms with Crippen molar-refractivity contribution in [2.45, 2.75) is 18.9 Å². The second-order valence-corrected chi connectivity index (χ2v) is 4.32. The van der Waals surface area contributed by atoms with Gasteiger partial charge in [-0.1, -0.05) is 15.9 Å². The molecule has 0 aliphatic carbocycles. The highest BCUT2D eigenvalue weighted by Gasteiger charge is 2.34. The average molecular weight is 291 g/mol. The van der Waals surface area contributed by atoms with Gasteiger partial charge in [0.1, 0.15) is 11.6 Å². The largest absolute Gasteiger partial charge is 0.478 e. The second kappa shape index (κ2) is 5.30. The lowest BCUT2D eigenvalue weighted by atomic mass is 10.0. The Morgan fingerprint density at radius 3 is 2.50 bits per heavy atom. The highest BCUT2D eigenvalue weighted by atomic mass is 79.9. The highest BCUT2D eigenvalue weighted by Crippen LogP contribution is 2.22. The monoisotopic (exact) mass is 290 g/mol. The van der Waals surface area contributed by atoms with Crippen LogP contribution in [-0.4, -0.2) is 22.0 Å². The van der Waals surface area contributed by atoms with Gasteiger partial charge in [0.25, 0.3) is 0 Å². The van der Waals surface area contributed by atoms with Crippen LogP contribution in [0.1, 0.15) is 13.3 Å². The fraction of sp³-hybridized carbons (Fsp3) is 0.364. The molecule has 0 saturated carbocycles. The van der Waals surface area contributed by atoms with E-state index < -0.39 is 11.6 Å². The van der Waals surface area contributed by atoms with Gasteiger partial charge in [-0.15, -0.1) is 0 Å². The summed E-state index contributed by atoms with van der Waals surface area (Å²) in [7, 11) is 0. The number of ether oxygens (including phenoxy) is 1. The summed E-state index contributed by atoms with van der Waals surface area (Å²) in [5, 5.41) is 9.57. The van der Waals surface area contributed by atoms with E-state index in [0.717, 1.165) is 0 Å². The van der Waals surface area contributed by atoms with E-state index in [1.165, 1.54) is 31.2 Å². The molecule has 3 nitrogen and oxygen atoms in total. The molecule has 0 spiro atoms. The number of halogens is 2. The average Bonchev–Trinajstić information content (AvgIpc) is 2.22. The smallest absolute Gasteiger partial charge is 0.347 e. The molecule has 1 N–H and O–H groups in total. The number of benzene rings is 1. The van der Waals surface area contributed by atoms with Gasteiger partial charge in [-0.25, -0.2) is 9.18 Å². The van der Waals surface area contributed by atoms with Crippen molar-refractivity contribution in [3.63, 3.8) is 0 Å². The van der Waals surface area contributed by atoms with Crippen LogP contribution in [0.3, 0.4) is 0 Å². The number of aliphatic carboxylic acids is 1. The van der Waals surface area contributed by atoms with Crippen LogP contribution in [0, 0.1) is 5.82 Å². The summed E-state index contributed by atoms with van der Waals surface area (Å²) in [5.41, 5.74) is -1.30. The maximum Gasteiger partial charge on any atom is 0.347 e. The molecule has 0 radical (unpaired) electrons. The molecule has 1 aromatic rings. The molecule has 0 saturated heterocycles. The van der Waals surface area contributed by atoms with E-state index >= 15 is 0 Å². The first-order chi connectivity index (χ1) is 7.48. The van der Waals surface area contributed by atoms with Crippen molar-refractivity contribution in [3.8, 4) is 5.75 Å². The topological polar surface area (TPSA) is 46.5 Å². The third-order valence-electron chi connectivity index (χ3n) is 2.18. The zero-order valence-corrected chi connectivity index (χ0v) is 10.3. The Bertz CT molecular complexity index is 366. The first-order valence-electron chi connectivity index (χ1n) is 4.72. The summed E-state index contributed by atoms with van der Waals surface area (Å²) < 4.78 is 18.0. The molecule has 0 aliphatic rings. The van der Waals surface area contributed by atoms with Gasteiger partial charge in [-0.2, -0.15) is 0 Å². The van der Waals surface area contributed by atoms with Crippen LogP contribution in [-0.2, 0) is 4.79 Å². The predicted molar refractivity (Wildman–Crippen MR) is 61.5 cm³/mol. The Morgan fingerprint density at radius 2 is 2.06 bits per heavy atom. The Kier molecular flexibility index (Phi) is 4.29. The third-order valence-corrected chi connectivity index (χ3v) is 2.58. The van der Waals surface area contributed by atoms with Crippen molar-refractivity contribution >= 4 is 21.9 Å². The first-order valence-corrected chi connectivity index (χ1v) is 5.84.